The van der Waals surface area contributed by atoms with E-state index in [0.29, 0.717) is 4.47 Å². The molecule has 0 amide bonds. The third-order valence-electron chi connectivity index (χ3n) is 1.73. The molecule has 2 nitrogen and oxygen atoms in total. The van der Waals surface area contributed by atoms with Crippen LogP contribution >= 0.6 is 15.9 Å². The van der Waals surface area contributed by atoms with Gasteiger partial charge in [-0.25, -0.2) is 8.78 Å². The highest BCUT2D eigenvalue weighted by Crippen LogP contribution is 2.23. The Kier molecular flexibility index (Phi) is 3.57. The maximum Gasteiger partial charge on any atom is 0.303 e. The molecular weight excluding hydrogens is 258 g/mol. The highest BCUT2D eigenvalue weighted by atomic mass is 79.9. The number of halogens is 3. The van der Waals surface area contributed by atoms with Gasteiger partial charge < -0.3 is 5.11 Å². The van der Waals surface area contributed by atoms with Crippen molar-refractivity contribution in [2.24, 2.45) is 0 Å². The number of rotatable bonds is 3. The molecule has 1 rings (SSSR count). The third kappa shape index (κ3) is 2.51. The predicted molar refractivity (Wildman–Crippen MR) is 50.0 cm³/mol. The predicted octanol–water partition coefficient (Wildman–Crippen LogP) is 2.74. The Hall–Kier alpha value is -0.970. The topological polar surface area (TPSA) is 37.3 Å². The normalized spacial score (nSPS) is 10.2. The third-order valence-corrected chi connectivity index (χ3v) is 2.47. The van der Waals surface area contributed by atoms with Crippen LogP contribution in [0.4, 0.5) is 8.78 Å². The van der Waals surface area contributed by atoms with Gasteiger partial charge in [-0.3, -0.25) is 4.79 Å². The number of hydrogen-bond acceptors (Lipinski definition) is 1. The fourth-order valence-corrected chi connectivity index (χ4v) is 1.53. The van der Waals surface area contributed by atoms with Gasteiger partial charge in [0.25, 0.3) is 0 Å². The average molecular weight is 265 g/mol. The standard InChI is InChI=1S/C9H7BrF2O2/c10-6-2-3-7(11)9(12)5(6)1-4-8(13)14/h2-3H,1,4H2,(H,13,14). The van der Waals surface area contributed by atoms with Gasteiger partial charge in [0.2, 0.25) is 0 Å². The van der Waals surface area contributed by atoms with E-state index in [1.54, 1.807) is 0 Å². The van der Waals surface area contributed by atoms with Crippen LogP contribution in [0.3, 0.4) is 0 Å². The van der Waals surface area contributed by atoms with Crippen molar-refractivity contribution in [3.63, 3.8) is 0 Å². The van der Waals surface area contributed by atoms with E-state index in [9.17, 15) is 13.6 Å². The second kappa shape index (κ2) is 4.50. The van der Waals surface area contributed by atoms with Gasteiger partial charge in [0.1, 0.15) is 0 Å². The summed E-state index contributed by atoms with van der Waals surface area (Å²) < 4.78 is 26.2. The molecule has 0 aromatic heterocycles. The summed E-state index contributed by atoms with van der Waals surface area (Å²) in [6, 6.07) is 2.35. The number of carboxylic acids is 1. The Morgan fingerprint density at radius 3 is 2.64 bits per heavy atom. The van der Waals surface area contributed by atoms with Gasteiger partial charge in [0.15, 0.2) is 11.6 Å². The summed E-state index contributed by atoms with van der Waals surface area (Å²) in [6.45, 7) is 0. The van der Waals surface area contributed by atoms with Gasteiger partial charge in [-0.1, -0.05) is 15.9 Å². The molecule has 76 valence electrons. The van der Waals surface area contributed by atoms with Crippen molar-refractivity contribution in [2.45, 2.75) is 12.8 Å². The van der Waals surface area contributed by atoms with E-state index in [2.05, 4.69) is 15.9 Å². The van der Waals surface area contributed by atoms with Crippen molar-refractivity contribution in [3.05, 3.63) is 33.8 Å². The summed E-state index contributed by atoms with van der Waals surface area (Å²) in [4.78, 5) is 10.2. The second-order valence-electron chi connectivity index (χ2n) is 2.72. The van der Waals surface area contributed by atoms with E-state index in [1.165, 1.54) is 6.07 Å². The first-order valence-electron chi connectivity index (χ1n) is 3.86. The number of hydrogen-bond donors (Lipinski definition) is 1. The zero-order valence-corrected chi connectivity index (χ0v) is 8.64. The van der Waals surface area contributed by atoms with E-state index in [4.69, 9.17) is 5.11 Å². The van der Waals surface area contributed by atoms with Crippen LogP contribution in [-0.4, -0.2) is 11.1 Å². The van der Waals surface area contributed by atoms with Crippen LogP contribution in [0.25, 0.3) is 0 Å². The highest BCUT2D eigenvalue weighted by Gasteiger charge is 2.12. The van der Waals surface area contributed by atoms with Crippen molar-refractivity contribution < 1.29 is 18.7 Å². The van der Waals surface area contributed by atoms with Gasteiger partial charge in [-0.2, -0.15) is 0 Å². The molecule has 0 unspecified atom stereocenters. The summed E-state index contributed by atoms with van der Waals surface area (Å²) in [5, 5.41) is 8.39. The average Bonchev–Trinajstić information content (AvgIpc) is 2.11. The Labute approximate surface area is 87.7 Å². The molecule has 14 heavy (non-hydrogen) atoms. The zero-order valence-electron chi connectivity index (χ0n) is 7.06. The van der Waals surface area contributed by atoms with Gasteiger partial charge in [-0.05, 0) is 18.6 Å². The van der Waals surface area contributed by atoms with Crippen LogP contribution < -0.4 is 0 Å². The van der Waals surface area contributed by atoms with E-state index < -0.39 is 17.6 Å². The minimum atomic E-state index is -1.04. The summed E-state index contributed by atoms with van der Waals surface area (Å²) >= 11 is 3.03. The van der Waals surface area contributed by atoms with Crippen molar-refractivity contribution in [2.75, 3.05) is 0 Å². The minimum Gasteiger partial charge on any atom is -0.481 e. The number of benzene rings is 1. The van der Waals surface area contributed by atoms with Crippen LogP contribution in [0, 0.1) is 11.6 Å². The fraction of sp³-hybridized carbons (Fsp3) is 0.222. The molecular formula is C9H7BrF2O2. The van der Waals surface area contributed by atoms with Crippen LogP contribution in [-0.2, 0) is 11.2 Å². The van der Waals surface area contributed by atoms with Gasteiger partial charge in [-0.15, -0.1) is 0 Å². The lowest BCUT2D eigenvalue weighted by Gasteiger charge is -2.04. The molecule has 0 fully saturated rings. The molecule has 1 aromatic carbocycles. The van der Waals surface area contributed by atoms with E-state index in [0.717, 1.165) is 6.07 Å². The van der Waals surface area contributed by atoms with Crippen molar-refractivity contribution >= 4 is 21.9 Å². The Morgan fingerprint density at radius 2 is 2.07 bits per heavy atom. The molecule has 0 radical (unpaired) electrons. The summed E-state index contributed by atoms with van der Waals surface area (Å²) in [7, 11) is 0. The van der Waals surface area contributed by atoms with Crippen molar-refractivity contribution in [1.29, 1.82) is 0 Å². The quantitative estimate of drug-likeness (QED) is 0.853. The maximum atomic E-state index is 13.1. The molecule has 5 heteroatoms. The van der Waals surface area contributed by atoms with E-state index >= 15 is 0 Å². The van der Waals surface area contributed by atoms with E-state index in [-0.39, 0.29) is 18.4 Å². The molecule has 0 aliphatic carbocycles. The van der Waals surface area contributed by atoms with Crippen molar-refractivity contribution in [1.82, 2.24) is 0 Å². The van der Waals surface area contributed by atoms with E-state index in [1.807, 2.05) is 0 Å². The highest BCUT2D eigenvalue weighted by molar-refractivity contribution is 9.10. The summed E-state index contributed by atoms with van der Waals surface area (Å²) in [5.41, 5.74) is 0.0624. The lowest BCUT2D eigenvalue weighted by atomic mass is 10.1. The first-order chi connectivity index (χ1) is 6.52. The largest absolute Gasteiger partial charge is 0.481 e. The lowest BCUT2D eigenvalue weighted by Crippen LogP contribution is -2.01. The maximum absolute atomic E-state index is 13.1. The molecule has 0 saturated heterocycles. The molecule has 1 aromatic rings. The Morgan fingerprint density at radius 1 is 1.43 bits per heavy atom. The number of carbonyl (C=O) groups is 1. The number of aliphatic carboxylic acids is 1. The lowest BCUT2D eigenvalue weighted by molar-refractivity contribution is -0.136. The summed E-state index contributed by atoms with van der Waals surface area (Å²) in [5.74, 6) is -2.99. The molecule has 0 heterocycles. The van der Waals surface area contributed by atoms with Gasteiger partial charge in [0.05, 0.1) is 0 Å². The monoisotopic (exact) mass is 264 g/mol. The molecule has 0 atom stereocenters. The smallest absolute Gasteiger partial charge is 0.303 e. The first-order valence-corrected chi connectivity index (χ1v) is 4.66. The minimum absolute atomic E-state index is 0.0283. The summed E-state index contributed by atoms with van der Waals surface area (Å²) in [6.07, 6.45) is -0.252. The zero-order chi connectivity index (χ0) is 10.7. The van der Waals surface area contributed by atoms with Crippen LogP contribution in [0.5, 0.6) is 0 Å². The Bertz CT molecular complexity index is 366. The SMILES string of the molecule is O=C(O)CCc1c(Br)ccc(F)c1F. The van der Waals surface area contributed by atoms with Crippen molar-refractivity contribution in [3.8, 4) is 0 Å². The van der Waals surface area contributed by atoms with Crippen LogP contribution in [0.1, 0.15) is 12.0 Å². The molecule has 0 aliphatic rings. The number of carboxylic acid groups (broad SMARTS) is 1. The van der Waals surface area contributed by atoms with Crippen LogP contribution in [0.15, 0.2) is 16.6 Å². The molecule has 0 aliphatic heterocycles. The van der Waals surface area contributed by atoms with Gasteiger partial charge in [0, 0.05) is 16.5 Å². The van der Waals surface area contributed by atoms with Crippen LogP contribution in [0.2, 0.25) is 0 Å². The molecule has 0 spiro atoms. The fourth-order valence-electron chi connectivity index (χ4n) is 1.03. The van der Waals surface area contributed by atoms with Gasteiger partial charge >= 0.3 is 5.97 Å². The molecule has 0 saturated carbocycles. The second-order valence-corrected chi connectivity index (χ2v) is 3.57. The Balaban J connectivity index is 2.95. The molecule has 1 N–H and O–H groups in total. The molecule has 0 bridgehead atoms. The first kappa shape index (κ1) is 11.1.